The molecule has 0 aliphatic heterocycles. The fraction of sp³-hybridized carbons (Fsp3) is 1.00. The molecule has 0 aliphatic carbocycles. The van der Waals surface area contributed by atoms with Crippen LogP contribution in [-0.2, 0) is 0 Å². The Morgan fingerprint density at radius 2 is 1.69 bits per heavy atom. The summed E-state index contributed by atoms with van der Waals surface area (Å²) in [5.74, 6) is 0. The molecular formula is C7H15ClF3NO. The van der Waals surface area contributed by atoms with E-state index in [1.807, 2.05) is 0 Å². The molecule has 82 valence electrons. The molecule has 0 aromatic heterocycles. The summed E-state index contributed by atoms with van der Waals surface area (Å²) in [4.78, 5) is 0. The Kier molecular flexibility index (Phi) is 6.75. The van der Waals surface area contributed by atoms with Crippen LogP contribution in [0.2, 0.25) is 0 Å². The molecule has 0 fully saturated rings. The van der Waals surface area contributed by atoms with Crippen molar-refractivity contribution in [2.45, 2.75) is 38.0 Å². The maximum absolute atomic E-state index is 11.7. The van der Waals surface area contributed by atoms with Gasteiger partial charge in [0.05, 0.1) is 5.60 Å². The van der Waals surface area contributed by atoms with Crippen molar-refractivity contribution in [3.63, 3.8) is 0 Å². The molecule has 6 heteroatoms. The highest BCUT2D eigenvalue weighted by Crippen LogP contribution is 2.26. The van der Waals surface area contributed by atoms with Crippen LogP contribution in [0.1, 0.15) is 26.2 Å². The van der Waals surface area contributed by atoms with E-state index in [9.17, 15) is 18.3 Å². The molecule has 0 amide bonds. The third-order valence-electron chi connectivity index (χ3n) is 1.91. The minimum atomic E-state index is -4.21. The van der Waals surface area contributed by atoms with Crippen LogP contribution < -0.4 is 5.73 Å². The van der Waals surface area contributed by atoms with E-state index < -0.39 is 18.2 Å². The minimum Gasteiger partial charge on any atom is -0.389 e. The second-order valence-electron chi connectivity index (χ2n) is 2.90. The second-order valence-corrected chi connectivity index (χ2v) is 2.90. The fourth-order valence-electron chi connectivity index (χ4n) is 0.798. The molecule has 3 N–H and O–H groups in total. The molecule has 0 heterocycles. The lowest BCUT2D eigenvalue weighted by molar-refractivity contribution is -0.146. The Balaban J connectivity index is 0. The summed E-state index contributed by atoms with van der Waals surface area (Å²) in [6.45, 7) is 1.49. The Labute approximate surface area is 81.7 Å². The van der Waals surface area contributed by atoms with E-state index >= 15 is 0 Å². The molecule has 1 atom stereocenters. The highest BCUT2D eigenvalue weighted by Gasteiger charge is 2.32. The zero-order valence-electron chi connectivity index (χ0n) is 7.40. The second kappa shape index (κ2) is 5.67. The minimum absolute atomic E-state index is 0. The SMILES string of the molecule is CCC(O)(CN)CCC(F)(F)F.Cl. The van der Waals surface area contributed by atoms with Gasteiger partial charge in [0.15, 0.2) is 0 Å². The van der Waals surface area contributed by atoms with Gasteiger partial charge in [-0.2, -0.15) is 13.2 Å². The van der Waals surface area contributed by atoms with Crippen molar-refractivity contribution in [2.24, 2.45) is 5.73 Å². The van der Waals surface area contributed by atoms with Crippen molar-refractivity contribution in [1.82, 2.24) is 0 Å². The van der Waals surface area contributed by atoms with Crippen molar-refractivity contribution < 1.29 is 18.3 Å². The summed E-state index contributed by atoms with van der Waals surface area (Å²) in [6.07, 6.45) is -5.25. The Morgan fingerprint density at radius 3 is 1.92 bits per heavy atom. The molecule has 0 aliphatic rings. The quantitative estimate of drug-likeness (QED) is 0.761. The van der Waals surface area contributed by atoms with Gasteiger partial charge in [0, 0.05) is 13.0 Å². The first-order valence-electron chi connectivity index (χ1n) is 3.82. The zero-order valence-corrected chi connectivity index (χ0v) is 8.21. The monoisotopic (exact) mass is 221 g/mol. The van der Waals surface area contributed by atoms with Gasteiger partial charge in [-0.3, -0.25) is 0 Å². The summed E-state index contributed by atoms with van der Waals surface area (Å²) in [5.41, 5.74) is 3.78. The van der Waals surface area contributed by atoms with Crippen molar-refractivity contribution in [1.29, 1.82) is 0 Å². The summed E-state index contributed by atoms with van der Waals surface area (Å²) in [6, 6.07) is 0. The lowest BCUT2D eigenvalue weighted by Crippen LogP contribution is -2.38. The molecule has 0 saturated heterocycles. The average molecular weight is 222 g/mol. The lowest BCUT2D eigenvalue weighted by Gasteiger charge is -2.25. The number of aliphatic hydroxyl groups is 1. The van der Waals surface area contributed by atoms with Crippen LogP contribution >= 0.6 is 12.4 Å². The summed E-state index contributed by atoms with van der Waals surface area (Å²) in [5, 5.41) is 9.37. The summed E-state index contributed by atoms with van der Waals surface area (Å²) < 4.78 is 35.1. The van der Waals surface area contributed by atoms with E-state index in [-0.39, 0.29) is 31.8 Å². The van der Waals surface area contributed by atoms with Crippen LogP contribution in [0.15, 0.2) is 0 Å². The number of hydrogen-bond acceptors (Lipinski definition) is 2. The smallest absolute Gasteiger partial charge is 0.389 e. The molecule has 2 nitrogen and oxygen atoms in total. The van der Waals surface area contributed by atoms with E-state index in [4.69, 9.17) is 5.73 Å². The topological polar surface area (TPSA) is 46.2 Å². The van der Waals surface area contributed by atoms with Gasteiger partial charge in [-0.15, -0.1) is 12.4 Å². The number of hydrogen-bond donors (Lipinski definition) is 2. The van der Waals surface area contributed by atoms with E-state index in [0.29, 0.717) is 0 Å². The number of rotatable bonds is 4. The molecule has 0 spiro atoms. The predicted octanol–water partition coefficient (Wildman–Crippen LogP) is 1.85. The zero-order chi connectivity index (χ0) is 9.83. The molecule has 0 aromatic carbocycles. The summed E-state index contributed by atoms with van der Waals surface area (Å²) in [7, 11) is 0. The Bertz CT molecular complexity index is 136. The van der Waals surface area contributed by atoms with Gasteiger partial charge in [-0.1, -0.05) is 6.92 Å². The van der Waals surface area contributed by atoms with Gasteiger partial charge in [-0.25, -0.2) is 0 Å². The van der Waals surface area contributed by atoms with Gasteiger partial charge in [0.2, 0.25) is 0 Å². The predicted molar refractivity (Wildman–Crippen MR) is 46.8 cm³/mol. The first kappa shape index (κ1) is 15.5. The maximum Gasteiger partial charge on any atom is 0.389 e. The molecular weight excluding hydrogens is 207 g/mol. The molecule has 0 rings (SSSR count). The van der Waals surface area contributed by atoms with Gasteiger partial charge in [0.25, 0.3) is 0 Å². The molecule has 0 saturated carbocycles. The van der Waals surface area contributed by atoms with E-state index in [1.165, 1.54) is 0 Å². The van der Waals surface area contributed by atoms with Crippen LogP contribution in [0, 0.1) is 0 Å². The van der Waals surface area contributed by atoms with Crippen molar-refractivity contribution >= 4 is 12.4 Å². The third-order valence-corrected chi connectivity index (χ3v) is 1.91. The molecule has 0 bridgehead atoms. The largest absolute Gasteiger partial charge is 0.389 e. The van der Waals surface area contributed by atoms with Crippen LogP contribution in [0.5, 0.6) is 0 Å². The van der Waals surface area contributed by atoms with Crippen LogP contribution in [-0.4, -0.2) is 23.4 Å². The summed E-state index contributed by atoms with van der Waals surface area (Å²) >= 11 is 0. The van der Waals surface area contributed by atoms with Crippen molar-refractivity contribution in [3.05, 3.63) is 0 Å². The van der Waals surface area contributed by atoms with E-state index in [2.05, 4.69) is 0 Å². The highest BCUT2D eigenvalue weighted by molar-refractivity contribution is 5.85. The van der Waals surface area contributed by atoms with Crippen LogP contribution in [0.25, 0.3) is 0 Å². The van der Waals surface area contributed by atoms with E-state index in [1.54, 1.807) is 6.92 Å². The first-order valence-corrected chi connectivity index (χ1v) is 3.82. The van der Waals surface area contributed by atoms with Crippen LogP contribution in [0.3, 0.4) is 0 Å². The fourth-order valence-corrected chi connectivity index (χ4v) is 0.798. The molecule has 0 radical (unpaired) electrons. The normalized spacial score (nSPS) is 16.2. The van der Waals surface area contributed by atoms with Crippen molar-refractivity contribution in [2.75, 3.05) is 6.54 Å². The van der Waals surface area contributed by atoms with Gasteiger partial charge < -0.3 is 10.8 Å². The third kappa shape index (κ3) is 7.10. The highest BCUT2D eigenvalue weighted by atomic mass is 35.5. The van der Waals surface area contributed by atoms with Gasteiger partial charge in [0.1, 0.15) is 0 Å². The van der Waals surface area contributed by atoms with Crippen molar-refractivity contribution in [3.8, 4) is 0 Å². The lowest BCUT2D eigenvalue weighted by atomic mass is 9.95. The maximum atomic E-state index is 11.7. The first-order chi connectivity index (χ1) is 5.33. The van der Waals surface area contributed by atoms with Gasteiger partial charge in [-0.05, 0) is 12.8 Å². The average Bonchev–Trinajstić information content (AvgIpc) is 1.99. The number of halogens is 4. The standard InChI is InChI=1S/C7H14F3NO.ClH/c1-2-6(12,5-11)3-4-7(8,9)10;/h12H,2-5,11H2,1H3;1H. The number of nitrogens with two attached hydrogens (primary N) is 1. The Hall–Kier alpha value is -0.0000000000000000555. The molecule has 0 aromatic rings. The Morgan fingerprint density at radius 1 is 1.23 bits per heavy atom. The van der Waals surface area contributed by atoms with Gasteiger partial charge >= 0.3 is 6.18 Å². The van der Waals surface area contributed by atoms with Crippen LogP contribution in [0.4, 0.5) is 13.2 Å². The number of alkyl halides is 3. The molecule has 1 unspecified atom stereocenters. The molecule has 13 heavy (non-hydrogen) atoms. The van der Waals surface area contributed by atoms with E-state index in [0.717, 1.165) is 0 Å².